The van der Waals surface area contributed by atoms with Crippen LogP contribution in [0.25, 0.3) is 0 Å². The molecule has 0 saturated carbocycles. The molecule has 100 valence electrons. The molecule has 0 heterocycles. The van der Waals surface area contributed by atoms with Gasteiger partial charge in [-0.15, -0.1) is 0 Å². The second-order valence-electron chi connectivity index (χ2n) is 4.06. The van der Waals surface area contributed by atoms with Gasteiger partial charge in [0.15, 0.2) is 0 Å². The lowest BCUT2D eigenvalue weighted by Gasteiger charge is -2.07. The molecule has 0 fully saturated rings. The van der Waals surface area contributed by atoms with Gasteiger partial charge in [0.2, 0.25) is 0 Å². The summed E-state index contributed by atoms with van der Waals surface area (Å²) in [7, 11) is 1.69. The number of anilines is 2. The molecule has 4 N–H and O–H groups in total. The molecular formula is C13H21N3O2. The highest BCUT2D eigenvalue weighted by Crippen LogP contribution is 2.09. The van der Waals surface area contributed by atoms with Gasteiger partial charge in [0.1, 0.15) is 0 Å². The van der Waals surface area contributed by atoms with Crippen molar-refractivity contribution in [3.05, 3.63) is 24.3 Å². The molecule has 0 unspecified atom stereocenters. The number of amides is 2. The van der Waals surface area contributed by atoms with Crippen molar-refractivity contribution in [2.45, 2.75) is 19.3 Å². The minimum atomic E-state index is -0.188. The van der Waals surface area contributed by atoms with Crippen LogP contribution >= 0.6 is 0 Å². The van der Waals surface area contributed by atoms with Crippen molar-refractivity contribution in [1.29, 1.82) is 0 Å². The van der Waals surface area contributed by atoms with Crippen molar-refractivity contribution in [3.8, 4) is 0 Å². The van der Waals surface area contributed by atoms with Crippen molar-refractivity contribution >= 4 is 17.4 Å². The highest BCUT2D eigenvalue weighted by Gasteiger charge is 2.00. The molecule has 0 aliphatic carbocycles. The van der Waals surface area contributed by atoms with E-state index in [1.54, 1.807) is 31.4 Å². The van der Waals surface area contributed by atoms with Gasteiger partial charge in [-0.25, -0.2) is 4.79 Å². The van der Waals surface area contributed by atoms with Gasteiger partial charge >= 0.3 is 6.03 Å². The lowest BCUT2D eigenvalue weighted by molar-refractivity contribution is 0.192. The molecule has 2 amide bonds. The fraction of sp³-hybridized carbons (Fsp3) is 0.462. The maximum Gasteiger partial charge on any atom is 0.319 e. The number of nitrogens with one attached hydrogen (secondary N) is 2. The van der Waals surface area contributed by atoms with E-state index in [1.165, 1.54) is 0 Å². The van der Waals surface area contributed by atoms with Gasteiger partial charge in [0.25, 0.3) is 0 Å². The van der Waals surface area contributed by atoms with E-state index in [9.17, 15) is 4.79 Å². The number of carbonyl (C=O) groups excluding carboxylic acids is 1. The number of benzene rings is 1. The fourth-order valence-corrected chi connectivity index (χ4v) is 1.49. The smallest absolute Gasteiger partial charge is 0.319 e. The molecule has 0 bridgehead atoms. The molecule has 1 aromatic rings. The summed E-state index contributed by atoms with van der Waals surface area (Å²) in [5.41, 5.74) is 6.97. The highest BCUT2D eigenvalue weighted by molar-refractivity contribution is 5.89. The summed E-state index contributed by atoms with van der Waals surface area (Å²) in [4.78, 5) is 11.5. The number of methoxy groups -OCH3 is 1. The van der Waals surface area contributed by atoms with Gasteiger partial charge < -0.3 is 21.1 Å². The molecule has 0 aliphatic rings. The number of hydrogen-bond donors (Lipinski definition) is 3. The quantitative estimate of drug-likeness (QED) is 0.513. The summed E-state index contributed by atoms with van der Waals surface area (Å²) in [6.45, 7) is 1.45. The molecule has 1 rings (SSSR count). The van der Waals surface area contributed by atoms with E-state index in [2.05, 4.69) is 10.6 Å². The minimum absolute atomic E-state index is 0.188. The molecule has 0 spiro atoms. The molecule has 0 atom stereocenters. The molecule has 5 heteroatoms. The van der Waals surface area contributed by atoms with Crippen molar-refractivity contribution in [3.63, 3.8) is 0 Å². The van der Waals surface area contributed by atoms with Gasteiger partial charge in [-0.1, -0.05) is 0 Å². The van der Waals surface area contributed by atoms with E-state index in [1.807, 2.05) is 0 Å². The van der Waals surface area contributed by atoms with Crippen molar-refractivity contribution in [2.24, 2.45) is 0 Å². The first-order chi connectivity index (χ1) is 8.72. The molecule has 1 aromatic carbocycles. The summed E-state index contributed by atoms with van der Waals surface area (Å²) >= 11 is 0. The van der Waals surface area contributed by atoms with Crippen LogP contribution in [0.2, 0.25) is 0 Å². The Hall–Kier alpha value is -1.75. The molecule has 18 heavy (non-hydrogen) atoms. The Morgan fingerprint density at radius 1 is 1.22 bits per heavy atom. The normalized spacial score (nSPS) is 10.1. The average molecular weight is 251 g/mol. The predicted molar refractivity (Wildman–Crippen MR) is 73.6 cm³/mol. The predicted octanol–water partition coefficient (Wildman–Crippen LogP) is 2.21. The first-order valence-corrected chi connectivity index (χ1v) is 6.11. The Labute approximate surface area is 108 Å². The first kappa shape index (κ1) is 14.3. The number of carbonyl (C=O) groups is 1. The van der Waals surface area contributed by atoms with E-state index in [0.717, 1.165) is 31.6 Å². The van der Waals surface area contributed by atoms with Crippen LogP contribution in [0.15, 0.2) is 24.3 Å². The van der Waals surface area contributed by atoms with Gasteiger partial charge in [0.05, 0.1) is 0 Å². The third-order valence-corrected chi connectivity index (χ3v) is 2.48. The van der Waals surface area contributed by atoms with Crippen molar-refractivity contribution < 1.29 is 9.53 Å². The Balaban J connectivity index is 2.12. The molecule has 0 aliphatic heterocycles. The monoisotopic (exact) mass is 251 g/mol. The third kappa shape index (κ3) is 6.10. The van der Waals surface area contributed by atoms with E-state index in [-0.39, 0.29) is 6.03 Å². The number of nitrogens with two attached hydrogens (primary N) is 1. The lowest BCUT2D eigenvalue weighted by Crippen LogP contribution is -2.29. The van der Waals surface area contributed by atoms with Crippen LogP contribution in [-0.2, 0) is 4.74 Å². The number of nitrogen functional groups attached to an aromatic ring is 1. The molecule has 0 aromatic heterocycles. The largest absolute Gasteiger partial charge is 0.399 e. The Morgan fingerprint density at radius 3 is 2.61 bits per heavy atom. The minimum Gasteiger partial charge on any atom is -0.399 e. The Kier molecular flexibility index (Phi) is 6.64. The number of hydrogen-bond acceptors (Lipinski definition) is 3. The lowest BCUT2D eigenvalue weighted by atomic mass is 10.2. The van der Waals surface area contributed by atoms with Crippen LogP contribution in [0.4, 0.5) is 16.2 Å². The zero-order valence-electron chi connectivity index (χ0n) is 10.7. The summed E-state index contributed by atoms with van der Waals surface area (Å²) in [5.74, 6) is 0. The van der Waals surface area contributed by atoms with Crippen LogP contribution in [0.3, 0.4) is 0 Å². The van der Waals surface area contributed by atoms with Gasteiger partial charge in [0, 0.05) is 31.6 Å². The fourth-order valence-electron chi connectivity index (χ4n) is 1.49. The SMILES string of the molecule is COCCCCCNC(=O)Nc1ccc(N)cc1. The van der Waals surface area contributed by atoms with Crippen molar-refractivity contribution in [1.82, 2.24) is 5.32 Å². The first-order valence-electron chi connectivity index (χ1n) is 6.11. The summed E-state index contributed by atoms with van der Waals surface area (Å²) in [6, 6.07) is 6.85. The molecular weight excluding hydrogens is 230 g/mol. The van der Waals surface area contributed by atoms with Crippen LogP contribution < -0.4 is 16.4 Å². The zero-order chi connectivity index (χ0) is 13.2. The second-order valence-corrected chi connectivity index (χ2v) is 4.06. The van der Waals surface area contributed by atoms with Gasteiger partial charge in [-0.05, 0) is 43.5 Å². The maximum absolute atomic E-state index is 11.5. The van der Waals surface area contributed by atoms with Gasteiger partial charge in [-0.2, -0.15) is 0 Å². The average Bonchev–Trinajstić information content (AvgIpc) is 2.36. The maximum atomic E-state index is 11.5. The van der Waals surface area contributed by atoms with E-state index >= 15 is 0 Å². The van der Waals surface area contributed by atoms with Gasteiger partial charge in [-0.3, -0.25) is 0 Å². The standard InChI is InChI=1S/C13H21N3O2/c1-18-10-4-2-3-9-15-13(17)16-12-7-5-11(14)6-8-12/h5-8H,2-4,9-10,14H2,1H3,(H2,15,16,17). The Bertz CT molecular complexity index is 352. The second kappa shape index (κ2) is 8.36. The third-order valence-electron chi connectivity index (χ3n) is 2.48. The summed E-state index contributed by atoms with van der Waals surface area (Å²) in [6.07, 6.45) is 3.03. The molecule has 0 saturated heterocycles. The Morgan fingerprint density at radius 2 is 1.94 bits per heavy atom. The number of ether oxygens (including phenoxy) is 1. The van der Waals surface area contributed by atoms with E-state index < -0.39 is 0 Å². The number of urea groups is 1. The van der Waals surface area contributed by atoms with Crippen LogP contribution in [-0.4, -0.2) is 26.3 Å². The van der Waals surface area contributed by atoms with E-state index in [4.69, 9.17) is 10.5 Å². The summed E-state index contributed by atoms with van der Waals surface area (Å²) in [5, 5.41) is 5.54. The van der Waals surface area contributed by atoms with Crippen LogP contribution in [0, 0.1) is 0 Å². The van der Waals surface area contributed by atoms with E-state index in [0.29, 0.717) is 12.2 Å². The molecule has 5 nitrogen and oxygen atoms in total. The topological polar surface area (TPSA) is 76.4 Å². The van der Waals surface area contributed by atoms with Crippen LogP contribution in [0.5, 0.6) is 0 Å². The highest BCUT2D eigenvalue weighted by atomic mass is 16.5. The van der Waals surface area contributed by atoms with Crippen molar-refractivity contribution in [2.75, 3.05) is 31.3 Å². The number of rotatable bonds is 7. The van der Waals surface area contributed by atoms with Crippen LogP contribution in [0.1, 0.15) is 19.3 Å². The number of unbranched alkanes of at least 4 members (excludes halogenated alkanes) is 2. The zero-order valence-corrected chi connectivity index (χ0v) is 10.7. The summed E-state index contributed by atoms with van der Waals surface area (Å²) < 4.78 is 4.95. The molecule has 0 radical (unpaired) electrons.